The zero-order valence-corrected chi connectivity index (χ0v) is 17.3. The van der Waals surface area contributed by atoms with Crippen molar-refractivity contribution >= 4 is 38.8 Å². The van der Waals surface area contributed by atoms with E-state index in [0.717, 1.165) is 16.9 Å². The van der Waals surface area contributed by atoms with E-state index < -0.39 is 0 Å². The molecule has 3 aromatic rings. The molecule has 0 saturated carbocycles. The Morgan fingerprint density at radius 2 is 2.19 bits per heavy atom. The second-order valence-corrected chi connectivity index (χ2v) is 8.69. The largest absolute Gasteiger partial charge is 0.379 e. The number of nitrogens with one attached hydrogen (secondary N) is 1. The van der Waals surface area contributed by atoms with Crippen molar-refractivity contribution in [3.05, 3.63) is 39.1 Å². The van der Waals surface area contributed by atoms with Crippen LogP contribution >= 0.6 is 22.7 Å². The predicted molar refractivity (Wildman–Crippen MR) is 111 cm³/mol. The second kappa shape index (κ2) is 8.77. The predicted octanol–water partition coefficient (Wildman–Crippen LogP) is 3.43. The molecule has 0 spiro atoms. The highest BCUT2D eigenvalue weighted by Gasteiger charge is 2.15. The molecule has 0 aliphatic rings. The van der Waals surface area contributed by atoms with Gasteiger partial charge in [-0.2, -0.15) is 0 Å². The normalized spacial score (nSPS) is 11.4. The first-order valence-electron chi connectivity index (χ1n) is 8.87. The van der Waals surface area contributed by atoms with Gasteiger partial charge in [-0.3, -0.25) is 14.2 Å². The van der Waals surface area contributed by atoms with Gasteiger partial charge in [0.05, 0.1) is 17.8 Å². The Hall–Kier alpha value is -2.03. The van der Waals surface area contributed by atoms with Crippen LogP contribution in [0.1, 0.15) is 25.1 Å². The van der Waals surface area contributed by atoms with Crippen LogP contribution in [0.25, 0.3) is 20.7 Å². The second-order valence-electron chi connectivity index (χ2n) is 6.54. The van der Waals surface area contributed by atoms with Crippen molar-refractivity contribution in [1.82, 2.24) is 14.9 Å². The average molecular weight is 406 g/mol. The fraction of sp³-hybridized carbons (Fsp3) is 0.421. The molecule has 0 aliphatic heterocycles. The van der Waals surface area contributed by atoms with E-state index in [1.165, 1.54) is 27.1 Å². The van der Waals surface area contributed by atoms with Crippen molar-refractivity contribution in [3.8, 4) is 10.4 Å². The third kappa shape index (κ3) is 4.82. The van der Waals surface area contributed by atoms with Gasteiger partial charge < -0.3 is 10.1 Å². The summed E-state index contributed by atoms with van der Waals surface area (Å²) >= 11 is 3.10. The number of carbonyl (C=O) groups is 1. The van der Waals surface area contributed by atoms with Crippen LogP contribution in [0.4, 0.5) is 0 Å². The van der Waals surface area contributed by atoms with E-state index in [-0.39, 0.29) is 24.1 Å². The lowest BCUT2D eigenvalue weighted by atomic mass is 10.2. The van der Waals surface area contributed by atoms with E-state index in [9.17, 15) is 9.59 Å². The van der Waals surface area contributed by atoms with Gasteiger partial charge in [0.15, 0.2) is 0 Å². The highest BCUT2D eigenvalue weighted by molar-refractivity contribution is 7.19. The van der Waals surface area contributed by atoms with Gasteiger partial charge in [0.2, 0.25) is 5.91 Å². The number of ether oxygens (including phenoxy) is 1. The molecule has 0 aromatic carbocycles. The molecule has 0 radical (unpaired) electrons. The first kappa shape index (κ1) is 19.7. The van der Waals surface area contributed by atoms with Gasteiger partial charge in [-0.25, -0.2) is 4.98 Å². The molecule has 1 amide bonds. The molecule has 1 N–H and O–H groups in total. The number of fused-ring (bicyclic) bond motifs is 1. The van der Waals surface area contributed by atoms with Gasteiger partial charge in [-0.15, -0.1) is 22.7 Å². The molecule has 3 heterocycles. The van der Waals surface area contributed by atoms with Crippen LogP contribution in [-0.4, -0.2) is 34.7 Å². The van der Waals surface area contributed by atoms with Crippen molar-refractivity contribution in [2.75, 3.05) is 13.2 Å². The summed E-state index contributed by atoms with van der Waals surface area (Å²) in [6.07, 6.45) is 2.37. The molecule has 3 rings (SSSR count). The molecule has 0 atom stereocenters. The first-order valence-corrected chi connectivity index (χ1v) is 10.6. The molecule has 0 bridgehead atoms. The van der Waals surface area contributed by atoms with Crippen molar-refractivity contribution in [2.45, 2.75) is 39.8 Å². The van der Waals surface area contributed by atoms with Gasteiger partial charge in [0.25, 0.3) is 5.56 Å². The molecule has 27 heavy (non-hydrogen) atoms. The summed E-state index contributed by atoms with van der Waals surface area (Å²) < 4.78 is 6.82. The smallest absolute Gasteiger partial charge is 0.263 e. The summed E-state index contributed by atoms with van der Waals surface area (Å²) in [6.45, 7) is 7.08. The maximum Gasteiger partial charge on any atom is 0.263 e. The number of amides is 1. The van der Waals surface area contributed by atoms with Crippen LogP contribution in [0.15, 0.2) is 28.6 Å². The van der Waals surface area contributed by atoms with Crippen LogP contribution in [0.2, 0.25) is 0 Å². The summed E-state index contributed by atoms with van der Waals surface area (Å²) in [4.78, 5) is 32.4. The summed E-state index contributed by atoms with van der Waals surface area (Å²) in [7, 11) is 0. The van der Waals surface area contributed by atoms with Crippen LogP contribution in [-0.2, 0) is 16.1 Å². The summed E-state index contributed by atoms with van der Waals surface area (Å²) in [6, 6.07) is 4.05. The van der Waals surface area contributed by atoms with E-state index in [2.05, 4.69) is 10.3 Å². The zero-order chi connectivity index (χ0) is 19.4. The summed E-state index contributed by atoms with van der Waals surface area (Å²) in [5.41, 5.74) is 0.715. The molecule has 0 aliphatic carbocycles. The van der Waals surface area contributed by atoms with E-state index in [1.54, 1.807) is 11.3 Å². The van der Waals surface area contributed by atoms with Gasteiger partial charge in [-0.05, 0) is 39.3 Å². The number of rotatable bonds is 8. The van der Waals surface area contributed by atoms with E-state index in [1.807, 2.05) is 38.3 Å². The lowest BCUT2D eigenvalue weighted by molar-refractivity contribution is -0.121. The fourth-order valence-corrected chi connectivity index (χ4v) is 4.53. The van der Waals surface area contributed by atoms with Gasteiger partial charge in [0.1, 0.15) is 11.4 Å². The molecular weight excluding hydrogens is 382 g/mol. The molecular formula is C19H23N3O3S2. The Labute approximate surface area is 165 Å². The Morgan fingerprint density at radius 1 is 1.37 bits per heavy atom. The minimum atomic E-state index is -0.202. The summed E-state index contributed by atoms with van der Waals surface area (Å²) in [5, 5.41) is 5.37. The van der Waals surface area contributed by atoms with Crippen molar-refractivity contribution in [1.29, 1.82) is 0 Å². The molecule has 0 saturated heterocycles. The maximum absolute atomic E-state index is 12.9. The number of nitrogens with zero attached hydrogens (tertiary/aromatic N) is 2. The quantitative estimate of drug-likeness (QED) is 0.583. The van der Waals surface area contributed by atoms with Crippen molar-refractivity contribution in [2.24, 2.45) is 0 Å². The Bertz CT molecular complexity index is 988. The van der Waals surface area contributed by atoms with Crippen molar-refractivity contribution < 1.29 is 9.53 Å². The Morgan fingerprint density at radius 3 is 2.89 bits per heavy atom. The maximum atomic E-state index is 12.9. The third-order valence-corrected chi connectivity index (χ3v) is 5.90. The monoisotopic (exact) mass is 405 g/mol. The van der Waals surface area contributed by atoms with E-state index >= 15 is 0 Å². The molecule has 0 unspecified atom stereocenters. The van der Waals surface area contributed by atoms with Gasteiger partial charge in [-0.1, -0.05) is 0 Å². The number of aromatic nitrogens is 2. The SMILES string of the molecule is Cc1ccc(-c2csc3ncn(CC(=O)NCCCOC(C)C)c(=O)c23)s1. The average Bonchev–Trinajstić information content (AvgIpc) is 3.23. The summed E-state index contributed by atoms with van der Waals surface area (Å²) in [5.74, 6) is -0.202. The number of hydrogen-bond acceptors (Lipinski definition) is 6. The third-order valence-electron chi connectivity index (χ3n) is 3.97. The topological polar surface area (TPSA) is 73.2 Å². The highest BCUT2D eigenvalue weighted by atomic mass is 32.1. The Balaban J connectivity index is 1.71. The van der Waals surface area contributed by atoms with Gasteiger partial charge >= 0.3 is 0 Å². The lowest BCUT2D eigenvalue weighted by Crippen LogP contribution is -2.33. The minimum absolute atomic E-state index is 0.0361. The van der Waals surface area contributed by atoms with Crippen LogP contribution < -0.4 is 10.9 Å². The molecule has 8 heteroatoms. The van der Waals surface area contributed by atoms with Crippen LogP contribution in [0.3, 0.4) is 0 Å². The zero-order valence-electron chi connectivity index (χ0n) is 15.7. The van der Waals surface area contributed by atoms with Gasteiger partial charge in [0, 0.05) is 33.8 Å². The Kier molecular flexibility index (Phi) is 6.41. The fourth-order valence-electron chi connectivity index (χ4n) is 2.67. The number of hydrogen-bond donors (Lipinski definition) is 1. The lowest BCUT2D eigenvalue weighted by Gasteiger charge is -2.09. The number of carbonyl (C=O) groups excluding carboxylic acids is 1. The number of aryl methyl sites for hydroxylation is 1. The molecule has 6 nitrogen and oxygen atoms in total. The van der Waals surface area contributed by atoms with Crippen LogP contribution in [0, 0.1) is 6.92 Å². The standard InChI is InChI=1S/C19H23N3O3S2/c1-12(2)25-8-4-7-20-16(23)9-22-11-21-18-17(19(22)24)14(10-26-18)15-6-5-13(3)27-15/h5-6,10-12H,4,7-9H2,1-3H3,(H,20,23). The molecule has 0 fully saturated rings. The van der Waals surface area contributed by atoms with Crippen LogP contribution in [0.5, 0.6) is 0 Å². The highest BCUT2D eigenvalue weighted by Crippen LogP contribution is 2.34. The first-order chi connectivity index (χ1) is 13.0. The molecule has 144 valence electrons. The van der Waals surface area contributed by atoms with E-state index in [4.69, 9.17) is 4.74 Å². The molecule has 3 aromatic heterocycles. The van der Waals surface area contributed by atoms with E-state index in [0.29, 0.717) is 23.4 Å². The minimum Gasteiger partial charge on any atom is -0.379 e. The number of thiophene rings is 2. The van der Waals surface area contributed by atoms with Crippen molar-refractivity contribution in [3.63, 3.8) is 0 Å².